The van der Waals surface area contributed by atoms with Crippen LogP contribution in [0.2, 0.25) is 5.02 Å². The van der Waals surface area contributed by atoms with Gasteiger partial charge in [0.25, 0.3) is 0 Å². The fraction of sp³-hybridized carbons (Fsp3) is 0.455. The van der Waals surface area contributed by atoms with Crippen LogP contribution in [0.25, 0.3) is 0 Å². The summed E-state index contributed by atoms with van der Waals surface area (Å²) in [6.45, 7) is 6.11. The van der Waals surface area contributed by atoms with Crippen molar-refractivity contribution in [3.8, 4) is 11.5 Å². The predicted molar refractivity (Wildman–Crippen MR) is 111 cm³/mol. The Labute approximate surface area is 171 Å². The van der Waals surface area contributed by atoms with Crippen LogP contribution in [0.5, 0.6) is 11.5 Å². The SMILES string of the molecule is CCN1CCC[C@@H]1CNCc1cccc(OC)c1OCc1c(F)cccc1Cl. The van der Waals surface area contributed by atoms with E-state index in [1.165, 1.54) is 25.5 Å². The molecule has 0 aromatic heterocycles. The van der Waals surface area contributed by atoms with Crippen molar-refractivity contribution in [1.29, 1.82) is 0 Å². The first kappa shape index (κ1) is 20.9. The van der Waals surface area contributed by atoms with E-state index >= 15 is 0 Å². The van der Waals surface area contributed by atoms with E-state index < -0.39 is 0 Å². The molecule has 3 rings (SSSR count). The topological polar surface area (TPSA) is 33.7 Å². The van der Waals surface area contributed by atoms with Crippen LogP contribution < -0.4 is 14.8 Å². The standard InChI is InChI=1S/C22H28ClFN2O2/c1-3-26-12-6-8-17(26)14-25-13-16-7-4-11-21(27-2)22(16)28-15-18-19(23)9-5-10-20(18)24/h4-5,7,9-11,17,25H,3,6,8,12-15H2,1-2H3/t17-/m1/s1. The summed E-state index contributed by atoms with van der Waals surface area (Å²) >= 11 is 6.12. The Bertz CT molecular complexity index is 767. The number of para-hydroxylation sites is 1. The molecule has 0 amide bonds. The molecule has 0 aliphatic carbocycles. The molecule has 6 heteroatoms. The Kier molecular flexibility index (Phi) is 7.54. The lowest BCUT2D eigenvalue weighted by Crippen LogP contribution is -2.37. The lowest BCUT2D eigenvalue weighted by Gasteiger charge is -2.23. The smallest absolute Gasteiger partial charge is 0.166 e. The molecule has 0 saturated carbocycles. The largest absolute Gasteiger partial charge is 0.493 e. The number of likely N-dealkylation sites (N-methyl/N-ethyl adjacent to an activating group) is 1. The van der Waals surface area contributed by atoms with Crippen molar-refractivity contribution < 1.29 is 13.9 Å². The van der Waals surface area contributed by atoms with Crippen LogP contribution in [0.3, 0.4) is 0 Å². The molecule has 4 nitrogen and oxygen atoms in total. The van der Waals surface area contributed by atoms with Crippen LogP contribution in [0, 0.1) is 5.82 Å². The third kappa shape index (κ3) is 4.96. The fourth-order valence-electron chi connectivity index (χ4n) is 3.76. The van der Waals surface area contributed by atoms with Crippen LogP contribution in [0.15, 0.2) is 36.4 Å². The Morgan fingerprint density at radius 1 is 1.25 bits per heavy atom. The quantitative estimate of drug-likeness (QED) is 0.657. The van der Waals surface area contributed by atoms with Crippen molar-refractivity contribution in [2.24, 2.45) is 0 Å². The van der Waals surface area contributed by atoms with Gasteiger partial charge in [-0.2, -0.15) is 0 Å². The minimum Gasteiger partial charge on any atom is -0.493 e. The van der Waals surface area contributed by atoms with E-state index in [1.807, 2.05) is 18.2 Å². The van der Waals surface area contributed by atoms with Crippen molar-refractivity contribution >= 4 is 11.6 Å². The molecule has 2 aromatic rings. The molecule has 28 heavy (non-hydrogen) atoms. The van der Waals surface area contributed by atoms with E-state index in [1.54, 1.807) is 19.2 Å². The molecular formula is C22H28ClFN2O2. The van der Waals surface area contributed by atoms with Gasteiger partial charge in [-0.3, -0.25) is 4.90 Å². The molecule has 1 saturated heterocycles. The van der Waals surface area contributed by atoms with Crippen molar-refractivity contribution in [2.75, 3.05) is 26.7 Å². The van der Waals surface area contributed by atoms with Crippen molar-refractivity contribution in [2.45, 2.75) is 39.0 Å². The summed E-state index contributed by atoms with van der Waals surface area (Å²) < 4.78 is 25.5. The summed E-state index contributed by atoms with van der Waals surface area (Å²) in [5.41, 5.74) is 1.33. The van der Waals surface area contributed by atoms with Gasteiger partial charge in [0, 0.05) is 30.3 Å². The first-order valence-electron chi connectivity index (χ1n) is 9.80. The molecule has 0 unspecified atom stereocenters. The predicted octanol–water partition coefficient (Wildman–Crippen LogP) is 4.64. The van der Waals surface area contributed by atoms with Gasteiger partial charge in [-0.1, -0.05) is 36.7 Å². The average Bonchev–Trinajstić information content (AvgIpc) is 3.15. The molecule has 2 aromatic carbocycles. The van der Waals surface area contributed by atoms with Gasteiger partial charge < -0.3 is 14.8 Å². The number of hydrogen-bond acceptors (Lipinski definition) is 4. The number of likely N-dealkylation sites (tertiary alicyclic amines) is 1. The number of nitrogens with one attached hydrogen (secondary N) is 1. The van der Waals surface area contributed by atoms with Gasteiger partial charge in [-0.15, -0.1) is 0 Å². The monoisotopic (exact) mass is 406 g/mol. The van der Waals surface area contributed by atoms with E-state index in [4.69, 9.17) is 21.1 Å². The molecule has 1 heterocycles. The van der Waals surface area contributed by atoms with Gasteiger partial charge in [-0.25, -0.2) is 4.39 Å². The molecular weight excluding hydrogens is 379 g/mol. The van der Waals surface area contributed by atoms with Gasteiger partial charge in [0.05, 0.1) is 12.1 Å². The molecule has 1 N–H and O–H groups in total. The molecule has 1 aliphatic heterocycles. The van der Waals surface area contributed by atoms with E-state index in [0.29, 0.717) is 34.7 Å². The second kappa shape index (κ2) is 10.1. The number of hydrogen-bond donors (Lipinski definition) is 1. The number of nitrogens with zero attached hydrogens (tertiary/aromatic N) is 1. The van der Waals surface area contributed by atoms with Crippen LogP contribution in [0.1, 0.15) is 30.9 Å². The summed E-state index contributed by atoms with van der Waals surface area (Å²) in [5.74, 6) is 0.876. The molecule has 1 atom stereocenters. The molecule has 0 bridgehead atoms. The Balaban J connectivity index is 1.68. The molecule has 1 fully saturated rings. The van der Waals surface area contributed by atoms with Crippen molar-refractivity contribution in [1.82, 2.24) is 10.2 Å². The first-order chi connectivity index (χ1) is 13.6. The van der Waals surface area contributed by atoms with Gasteiger partial charge in [-0.05, 0) is 44.1 Å². The highest BCUT2D eigenvalue weighted by Gasteiger charge is 2.22. The van der Waals surface area contributed by atoms with E-state index in [9.17, 15) is 4.39 Å². The zero-order valence-electron chi connectivity index (χ0n) is 16.5. The lowest BCUT2D eigenvalue weighted by atomic mass is 10.1. The van der Waals surface area contributed by atoms with Crippen molar-refractivity contribution in [3.63, 3.8) is 0 Å². The number of methoxy groups -OCH3 is 1. The Hall–Kier alpha value is -1.82. The van der Waals surface area contributed by atoms with Crippen LogP contribution in [-0.2, 0) is 13.2 Å². The maximum atomic E-state index is 14.1. The third-order valence-electron chi connectivity index (χ3n) is 5.30. The van der Waals surface area contributed by atoms with Gasteiger partial charge in [0.1, 0.15) is 12.4 Å². The highest BCUT2D eigenvalue weighted by Crippen LogP contribution is 2.33. The second-order valence-corrected chi connectivity index (χ2v) is 7.40. The van der Waals surface area contributed by atoms with Crippen LogP contribution in [-0.4, -0.2) is 37.7 Å². The van der Waals surface area contributed by atoms with Gasteiger partial charge >= 0.3 is 0 Å². The Morgan fingerprint density at radius 2 is 2.07 bits per heavy atom. The molecule has 152 valence electrons. The lowest BCUT2D eigenvalue weighted by molar-refractivity contribution is 0.257. The Morgan fingerprint density at radius 3 is 2.82 bits per heavy atom. The molecule has 1 aliphatic rings. The van der Waals surface area contributed by atoms with Crippen LogP contribution >= 0.6 is 11.6 Å². The molecule has 0 spiro atoms. The fourth-order valence-corrected chi connectivity index (χ4v) is 3.97. The number of halogens is 2. The third-order valence-corrected chi connectivity index (χ3v) is 5.66. The zero-order chi connectivity index (χ0) is 19.9. The minimum atomic E-state index is -0.372. The highest BCUT2D eigenvalue weighted by molar-refractivity contribution is 6.31. The van der Waals surface area contributed by atoms with Crippen LogP contribution in [0.4, 0.5) is 4.39 Å². The zero-order valence-corrected chi connectivity index (χ0v) is 17.3. The van der Waals surface area contributed by atoms with E-state index in [-0.39, 0.29) is 12.4 Å². The summed E-state index contributed by atoms with van der Waals surface area (Å²) in [4.78, 5) is 2.51. The first-order valence-corrected chi connectivity index (χ1v) is 10.2. The summed E-state index contributed by atoms with van der Waals surface area (Å²) in [6, 6.07) is 11.0. The molecule has 0 radical (unpaired) electrons. The van der Waals surface area contributed by atoms with Crippen molar-refractivity contribution in [3.05, 3.63) is 58.4 Å². The second-order valence-electron chi connectivity index (χ2n) is 6.99. The maximum absolute atomic E-state index is 14.1. The van der Waals surface area contributed by atoms with Gasteiger partial charge in [0.2, 0.25) is 0 Å². The number of rotatable bonds is 9. The number of ether oxygens (including phenoxy) is 2. The number of benzene rings is 2. The summed E-state index contributed by atoms with van der Waals surface area (Å²) in [7, 11) is 1.60. The van der Waals surface area contributed by atoms with Gasteiger partial charge in [0.15, 0.2) is 11.5 Å². The average molecular weight is 407 g/mol. The highest BCUT2D eigenvalue weighted by atomic mass is 35.5. The summed E-state index contributed by atoms with van der Waals surface area (Å²) in [6.07, 6.45) is 2.49. The van der Waals surface area contributed by atoms with E-state index in [2.05, 4.69) is 17.1 Å². The normalized spacial score (nSPS) is 17.1. The maximum Gasteiger partial charge on any atom is 0.166 e. The van der Waals surface area contributed by atoms with E-state index in [0.717, 1.165) is 18.7 Å². The summed E-state index contributed by atoms with van der Waals surface area (Å²) in [5, 5.41) is 3.90. The minimum absolute atomic E-state index is 0.0467.